The van der Waals surface area contributed by atoms with E-state index in [0.717, 1.165) is 32.6 Å². The molecule has 0 aromatic carbocycles. The molecule has 0 spiro atoms. The van der Waals surface area contributed by atoms with Crippen molar-refractivity contribution < 1.29 is 9.84 Å². The number of ether oxygens (including phenoxy) is 1. The molecular formula is C14H27N3O2. The first-order valence-electron chi connectivity index (χ1n) is 7.22. The Morgan fingerprint density at radius 1 is 1.26 bits per heavy atom. The highest BCUT2D eigenvalue weighted by atomic mass is 16.5. The molecule has 1 N–H and O–H groups in total. The van der Waals surface area contributed by atoms with Crippen LogP contribution in [0.15, 0.2) is 0 Å². The van der Waals surface area contributed by atoms with Gasteiger partial charge in [0.1, 0.15) is 0 Å². The van der Waals surface area contributed by atoms with Crippen LogP contribution in [0.1, 0.15) is 27.2 Å². The van der Waals surface area contributed by atoms with E-state index in [9.17, 15) is 5.11 Å². The molecule has 1 heterocycles. The summed E-state index contributed by atoms with van der Waals surface area (Å²) in [5, 5.41) is 18.9. The van der Waals surface area contributed by atoms with Crippen LogP contribution in [0.25, 0.3) is 0 Å². The van der Waals surface area contributed by atoms with Crippen molar-refractivity contribution in [1.29, 1.82) is 5.26 Å². The molecule has 0 aromatic heterocycles. The zero-order valence-electron chi connectivity index (χ0n) is 12.4. The first kappa shape index (κ1) is 16.4. The average Bonchev–Trinajstić information content (AvgIpc) is 2.40. The number of aliphatic hydroxyl groups excluding tert-OH is 1. The predicted molar refractivity (Wildman–Crippen MR) is 74.8 cm³/mol. The van der Waals surface area contributed by atoms with E-state index in [4.69, 9.17) is 10.00 Å². The molecule has 5 heteroatoms. The highest BCUT2D eigenvalue weighted by molar-refractivity contribution is 4.92. The molecule has 5 nitrogen and oxygen atoms in total. The van der Waals surface area contributed by atoms with Crippen molar-refractivity contribution in [3.05, 3.63) is 0 Å². The van der Waals surface area contributed by atoms with Crippen LogP contribution < -0.4 is 0 Å². The number of hydrogen-bond acceptors (Lipinski definition) is 5. The van der Waals surface area contributed by atoms with Crippen LogP contribution in [0.2, 0.25) is 0 Å². The third kappa shape index (κ3) is 5.87. The number of hydrogen-bond donors (Lipinski definition) is 1. The van der Waals surface area contributed by atoms with Crippen LogP contribution >= 0.6 is 0 Å². The van der Waals surface area contributed by atoms with Crippen molar-refractivity contribution in [1.82, 2.24) is 9.80 Å². The summed E-state index contributed by atoms with van der Waals surface area (Å²) in [6.45, 7) is 10.7. The summed E-state index contributed by atoms with van der Waals surface area (Å²) in [5.41, 5.74) is 0. The minimum atomic E-state index is -0.424. The molecule has 1 saturated heterocycles. The van der Waals surface area contributed by atoms with E-state index in [2.05, 4.69) is 15.9 Å². The Kier molecular flexibility index (Phi) is 7.32. The zero-order chi connectivity index (χ0) is 14.3. The van der Waals surface area contributed by atoms with Gasteiger partial charge < -0.3 is 9.84 Å². The van der Waals surface area contributed by atoms with Crippen LogP contribution in [0.3, 0.4) is 0 Å². The van der Waals surface area contributed by atoms with Crippen molar-refractivity contribution >= 4 is 0 Å². The molecule has 0 radical (unpaired) electrons. The average molecular weight is 269 g/mol. The molecule has 1 rings (SSSR count). The van der Waals surface area contributed by atoms with Gasteiger partial charge in [0.25, 0.3) is 0 Å². The maximum absolute atomic E-state index is 9.89. The van der Waals surface area contributed by atoms with E-state index in [1.807, 2.05) is 20.8 Å². The standard InChI is InChI=1S/C14H27N3O2/c1-4-13(9-15)17-7-5-16(6-8-17)10-14(18)11-19-12(2)3/h12-14,18H,4-8,10-11H2,1-3H3. The lowest BCUT2D eigenvalue weighted by molar-refractivity contribution is -0.0156. The van der Waals surface area contributed by atoms with Crippen LogP contribution in [-0.2, 0) is 4.74 Å². The van der Waals surface area contributed by atoms with Gasteiger partial charge in [0, 0.05) is 32.7 Å². The predicted octanol–water partition coefficient (Wildman–Crippen LogP) is 0.692. The Morgan fingerprint density at radius 2 is 1.89 bits per heavy atom. The Balaban J connectivity index is 2.24. The van der Waals surface area contributed by atoms with Gasteiger partial charge in [-0.05, 0) is 20.3 Å². The summed E-state index contributed by atoms with van der Waals surface area (Å²) < 4.78 is 5.41. The first-order valence-corrected chi connectivity index (χ1v) is 7.22. The third-order valence-electron chi connectivity index (χ3n) is 3.47. The van der Waals surface area contributed by atoms with E-state index in [0.29, 0.717) is 13.2 Å². The van der Waals surface area contributed by atoms with Gasteiger partial charge in [-0.1, -0.05) is 6.92 Å². The Labute approximate surface area is 116 Å². The van der Waals surface area contributed by atoms with Crippen LogP contribution in [-0.4, -0.2) is 72.5 Å². The van der Waals surface area contributed by atoms with Crippen LogP contribution in [0.4, 0.5) is 0 Å². The van der Waals surface area contributed by atoms with Crippen molar-refractivity contribution in [2.45, 2.75) is 45.4 Å². The van der Waals surface area contributed by atoms with Gasteiger partial charge >= 0.3 is 0 Å². The number of nitrogens with zero attached hydrogens (tertiary/aromatic N) is 3. The van der Waals surface area contributed by atoms with Crippen molar-refractivity contribution in [2.24, 2.45) is 0 Å². The normalized spacial score (nSPS) is 21.3. The van der Waals surface area contributed by atoms with Crippen molar-refractivity contribution in [3.8, 4) is 6.07 Å². The van der Waals surface area contributed by atoms with Crippen molar-refractivity contribution in [2.75, 3.05) is 39.3 Å². The smallest absolute Gasteiger partial charge is 0.0976 e. The van der Waals surface area contributed by atoms with Gasteiger partial charge in [0.15, 0.2) is 0 Å². The summed E-state index contributed by atoms with van der Waals surface area (Å²) in [4.78, 5) is 4.47. The molecule has 1 fully saturated rings. The lowest BCUT2D eigenvalue weighted by Gasteiger charge is -2.37. The van der Waals surface area contributed by atoms with E-state index in [1.54, 1.807) is 0 Å². The number of β-amino-alcohol motifs (C(OH)–C–C–N with tert-alkyl or cyclic N) is 1. The first-order chi connectivity index (χ1) is 9.06. The Bertz CT molecular complexity index is 283. The lowest BCUT2D eigenvalue weighted by atomic mass is 10.1. The number of rotatable bonds is 7. The molecule has 1 aliphatic heterocycles. The second-order valence-electron chi connectivity index (χ2n) is 5.43. The van der Waals surface area contributed by atoms with Crippen LogP contribution in [0.5, 0.6) is 0 Å². The highest BCUT2D eigenvalue weighted by Crippen LogP contribution is 2.09. The molecule has 0 saturated carbocycles. The van der Waals surface area contributed by atoms with Gasteiger partial charge in [0.2, 0.25) is 0 Å². The van der Waals surface area contributed by atoms with Gasteiger partial charge in [-0.2, -0.15) is 5.26 Å². The second-order valence-corrected chi connectivity index (χ2v) is 5.43. The molecule has 0 aliphatic carbocycles. The summed E-state index contributed by atoms with van der Waals surface area (Å²) in [6.07, 6.45) is 0.612. The van der Waals surface area contributed by atoms with Crippen molar-refractivity contribution in [3.63, 3.8) is 0 Å². The molecule has 0 amide bonds. The fourth-order valence-corrected chi connectivity index (χ4v) is 2.34. The second kappa shape index (κ2) is 8.49. The van der Waals surface area contributed by atoms with E-state index in [-0.39, 0.29) is 12.1 Å². The number of aliphatic hydroxyl groups is 1. The summed E-state index contributed by atoms with van der Waals surface area (Å²) in [7, 11) is 0. The maximum atomic E-state index is 9.89. The maximum Gasteiger partial charge on any atom is 0.0976 e. The molecular weight excluding hydrogens is 242 g/mol. The highest BCUT2D eigenvalue weighted by Gasteiger charge is 2.23. The molecule has 0 aromatic rings. The monoisotopic (exact) mass is 269 g/mol. The lowest BCUT2D eigenvalue weighted by Crippen LogP contribution is -2.51. The molecule has 2 atom stereocenters. The molecule has 0 bridgehead atoms. The van der Waals surface area contributed by atoms with E-state index < -0.39 is 6.10 Å². The van der Waals surface area contributed by atoms with Gasteiger partial charge in [-0.3, -0.25) is 9.80 Å². The SMILES string of the molecule is CCC(C#N)N1CCN(CC(O)COC(C)C)CC1. The summed E-state index contributed by atoms with van der Waals surface area (Å²) >= 11 is 0. The fraction of sp³-hybridized carbons (Fsp3) is 0.929. The summed E-state index contributed by atoms with van der Waals surface area (Å²) in [5.74, 6) is 0. The molecule has 1 aliphatic rings. The number of nitriles is 1. The minimum absolute atomic E-state index is 0.0383. The topological polar surface area (TPSA) is 59.7 Å². The van der Waals surface area contributed by atoms with Gasteiger partial charge in [-0.15, -0.1) is 0 Å². The largest absolute Gasteiger partial charge is 0.389 e. The van der Waals surface area contributed by atoms with Gasteiger partial charge in [0.05, 0.1) is 30.9 Å². The van der Waals surface area contributed by atoms with Gasteiger partial charge in [-0.25, -0.2) is 0 Å². The quantitative estimate of drug-likeness (QED) is 0.737. The Morgan fingerprint density at radius 3 is 2.37 bits per heavy atom. The molecule has 2 unspecified atom stereocenters. The fourth-order valence-electron chi connectivity index (χ4n) is 2.34. The van der Waals surface area contributed by atoms with Crippen LogP contribution in [0, 0.1) is 11.3 Å². The Hall–Kier alpha value is -0.670. The molecule has 110 valence electrons. The molecule has 19 heavy (non-hydrogen) atoms. The summed E-state index contributed by atoms with van der Waals surface area (Å²) in [6, 6.07) is 2.39. The number of piperazine rings is 1. The zero-order valence-corrected chi connectivity index (χ0v) is 12.4. The minimum Gasteiger partial charge on any atom is -0.389 e. The third-order valence-corrected chi connectivity index (χ3v) is 3.47. The van der Waals surface area contributed by atoms with E-state index in [1.165, 1.54) is 0 Å². The van der Waals surface area contributed by atoms with E-state index >= 15 is 0 Å².